The number of esters is 1. The van der Waals surface area contributed by atoms with Crippen LogP contribution in [0.1, 0.15) is 42.5 Å². The minimum Gasteiger partial charge on any atom is -0.490 e. The Morgan fingerprint density at radius 3 is 2.50 bits per heavy atom. The average Bonchev–Trinajstić information content (AvgIpc) is 2.46. The molecule has 0 amide bonds. The zero-order valence-electron chi connectivity index (χ0n) is 13.1. The zero-order chi connectivity index (χ0) is 15.5. The van der Waals surface area contributed by atoms with Gasteiger partial charge in [-0.05, 0) is 37.8 Å². The highest BCUT2D eigenvalue weighted by atomic mass is 16.5. The van der Waals surface area contributed by atoms with Gasteiger partial charge in [-0.25, -0.2) is 4.79 Å². The van der Waals surface area contributed by atoms with Gasteiger partial charge in [0.15, 0.2) is 0 Å². The number of anilines is 1. The third kappa shape index (κ3) is 3.35. The second-order valence-electron chi connectivity index (χ2n) is 6.22. The molecule has 2 fully saturated rings. The molecule has 2 aliphatic rings. The number of ether oxygens (including phenoxy) is 2. The van der Waals surface area contributed by atoms with Gasteiger partial charge < -0.3 is 20.1 Å². The number of rotatable bonds is 4. The van der Waals surface area contributed by atoms with Crippen LogP contribution in [0.4, 0.5) is 5.69 Å². The topological polar surface area (TPSA) is 64.8 Å². The molecule has 22 heavy (non-hydrogen) atoms. The summed E-state index contributed by atoms with van der Waals surface area (Å²) in [5, 5.41) is 0. The first-order valence-electron chi connectivity index (χ1n) is 8.05. The summed E-state index contributed by atoms with van der Waals surface area (Å²) in [6.07, 6.45) is 6.33. The maximum Gasteiger partial charge on any atom is 0.338 e. The Kier molecular flexibility index (Phi) is 4.52. The molecule has 0 atom stereocenters. The third-order valence-electron chi connectivity index (χ3n) is 4.72. The summed E-state index contributed by atoms with van der Waals surface area (Å²) in [7, 11) is 1.36. The molecule has 0 spiro atoms. The fraction of sp³-hybridized carbons (Fsp3) is 0.588. The first-order chi connectivity index (χ1) is 10.7. The van der Waals surface area contributed by atoms with Crippen molar-refractivity contribution in [2.75, 3.05) is 25.9 Å². The number of benzene rings is 1. The Labute approximate surface area is 131 Å². The highest BCUT2D eigenvalue weighted by Gasteiger charge is 2.29. The molecule has 1 saturated carbocycles. The molecule has 3 rings (SSSR count). The molecule has 2 N–H and O–H groups in total. The largest absolute Gasteiger partial charge is 0.490 e. The molecule has 120 valence electrons. The lowest BCUT2D eigenvalue weighted by molar-refractivity contribution is 0.0490. The van der Waals surface area contributed by atoms with Gasteiger partial charge in [0.25, 0.3) is 0 Å². The molecule has 1 aliphatic carbocycles. The van der Waals surface area contributed by atoms with E-state index in [1.54, 1.807) is 18.2 Å². The Balaban J connectivity index is 1.59. The van der Waals surface area contributed by atoms with E-state index in [2.05, 4.69) is 4.90 Å². The summed E-state index contributed by atoms with van der Waals surface area (Å²) in [5.74, 6) is 0.263. The molecular formula is C17H24N2O3. The molecule has 1 aliphatic heterocycles. The van der Waals surface area contributed by atoms with Gasteiger partial charge in [0.2, 0.25) is 0 Å². The van der Waals surface area contributed by atoms with Crippen LogP contribution in [-0.2, 0) is 4.74 Å². The van der Waals surface area contributed by atoms with Crippen molar-refractivity contribution in [3.8, 4) is 5.75 Å². The highest BCUT2D eigenvalue weighted by molar-refractivity contribution is 5.90. The maximum atomic E-state index is 11.6. The van der Waals surface area contributed by atoms with Gasteiger partial charge >= 0.3 is 5.97 Å². The number of nitrogen functional groups attached to an aromatic ring is 1. The van der Waals surface area contributed by atoms with E-state index < -0.39 is 5.97 Å². The first kappa shape index (κ1) is 15.2. The van der Waals surface area contributed by atoms with Crippen molar-refractivity contribution in [1.82, 2.24) is 4.90 Å². The van der Waals surface area contributed by atoms with Crippen LogP contribution >= 0.6 is 0 Å². The lowest BCUT2D eigenvalue weighted by Crippen LogP contribution is -2.46. The van der Waals surface area contributed by atoms with Crippen molar-refractivity contribution >= 4 is 11.7 Å². The van der Waals surface area contributed by atoms with E-state index in [1.165, 1.54) is 26.4 Å². The van der Waals surface area contributed by atoms with Crippen LogP contribution in [-0.4, -0.2) is 43.2 Å². The maximum absolute atomic E-state index is 11.6. The van der Waals surface area contributed by atoms with E-state index in [0.29, 0.717) is 17.0 Å². The number of nitrogens with zero attached hydrogens (tertiary/aromatic N) is 1. The van der Waals surface area contributed by atoms with Crippen LogP contribution in [0.25, 0.3) is 0 Å². The summed E-state index contributed by atoms with van der Waals surface area (Å²) in [6, 6.07) is 5.89. The van der Waals surface area contributed by atoms with E-state index in [-0.39, 0.29) is 6.10 Å². The second kappa shape index (κ2) is 6.57. The van der Waals surface area contributed by atoms with Crippen molar-refractivity contribution < 1.29 is 14.3 Å². The predicted molar refractivity (Wildman–Crippen MR) is 85.1 cm³/mol. The molecule has 1 aromatic rings. The molecule has 0 aromatic heterocycles. The lowest BCUT2D eigenvalue weighted by atomic mass is 9.90. The Bertz CT molecular complexity index is 535. The summed E-state index contributed by atoms with van der Waals surface area (Å²) in [5.41, 5.74) is 6.80. The number of carbonyl (C=O) groups is 1. The van der Waals surface area contributed by atoms with Gasteiger partial charge in [0.05, 0.1) is 12.7 Å². The summed E-state index contributed by atoms with van der Waals surface area (Å²) < 4.78 is 10.8. The lowest BCUT2D eigenvalue weighted by Gasteiger charge is -2.41. The minimum atomic E-state index is -0.392. The summed E-state index contributed by atoms with van der Waals surface area (Å²) in [6.45, 7) is 2.20. The van der Waals surface area contributed by atoms with Crippen LogP contribution in [0.5, 0.6) is 5.75 Å². The molecule has 0 unspecified atom stereocenters. The van der Waals surface area contributed by atoms with Gasteiger partial charge in [-0.15, -0.1) is 0 Å². The fourth-order valence-electron chi connectivity index (χ4n) is 3.23. The van der Waals surface area contributed by atoms with Crippen molar-refractivity contribution in [1.29, 1.82) is 0 Å². The van der Waals surface area contributed by atoms with Crippen molar-refractivity contribution in [3.63, 3.8) is 0 Å². The van der Waals surface area contributed by atoms with Crippen molar-refractivity contribution in [2.45, 2.75) is 44.2 Å². The normalized spacial score (nSPS) is 20.4. The molecule has 0 bridgehead atoms. The molecule has 0 radical (unpaired) electrons. The molecule has 5 nitrogen and oxygen atoms in total. The number of hydrogen-bond donors (Lipinski definition) is 1. The van der Waals surface area contributed by atoms with Gasteiger partial charge in [-0.2, -0.15) is 0 Å². The van der Waals surface area contributed by atoms with Crippen LogP contribution in [0.2, 0.25) is 0 Å². The second-order valence-corrected chi connectivity index (χ2v) is 6.22. The number of carbonyl (C=O) groups excluding carboxylic acids is 1. The summed E-state index contributed by atoms with van der Waals surface area (Å²) >= 11 is 0. The van der Waals surface area contributed by atoms with Gasteiger partial charge in [0.1, 0.15) is 11.9 Å². The van der Waals surface area contributed by atoms with Gasteiger partial charge in [-0.3, -0.25) is 0 Å². The van der Waals surface area contributed by atoms with E-state index in [4.69, 9.17) is 15.2 Å². The van der Waals surface area contributed by atoms with Crippen LogP contribution in [0.3, 0.4) is 0 Å². The van der Waals surface area contributed by atoms with Gasteiger partial charge in [0, 0.05) is 30.9 Å². The SMILES string of the molecule is COC(=O)c1cc(N)cc(OC2CCN(C3CCC3)CC2)c1. The van der Waals surface area contributed by atoms with Crippen LogP contribution in [0.15, 0.2) is 18.2 Å². The summed E-state index contributed by atoms with van der Waals surface area (Å²) in [4.78, 5) is 14.2. The van der Waals surface area contributed by atoms with Crippen molar-refractivity contribution in [3.05, 3.63) is 23.8 Å². The Morgan fingerprint density at radius 2 is 1.91 bits per heavy atom. The third-order valence-corrected chi connectivity index (χ3v) is 4.72. The van der Waals surface area contributed by atoms with Crippen molar-refractivity contribution in [2.24, 2.45) is 0 Å². The standard InChI is InChI=1S/C17H24N2O3/c1-21-17(20)12-9-13(18)11-16(10-12)22-15-5-7-19(8-6-15)14-3-2-4-14/h9-11,14-15H,2-8,18H2,1H3. The molecular weight excluding hydrogens is 280 g/mol. The smallest absolute Gasteiger partial charge is 0.338 e. The quantitative estimate of drug-likeness (QED) is 0.684. The van der Waals surface area contributed by atoms with E-state index in [9.17, 15) is 4.79 Å². The zero-order valence-corrected chi connectivity index (χ0v) is 13.1. The average molecular weight is 304 g/mol. The molecule has 1 aromatic carbocycles. The van der Waals surface area contributed by atoms with E-state index in [1.807, 2.05) is 0 Å². The minimum absolute atomic E-state index is 0.198. The predicted octanol–water partition coefficient (Wildman–Crippen LogP) is 2.45. The Hall–Kier alpha value is -1.75. The number of methoxy groups -OCH3 is 1. The highest BCUT2D eigenvalue weighted by Crippen LogP contribution is 2.29. The number of hydrogen-bond acceptors (Lipinski definition) is 5. The molecule has 1 heterocycles. The Morgan fingerprint density at radius 1 is 1.18 bits per heavy atom. The first-order valence-corrected chi connectivity index (χ1v) is 8.05. The number of piperidine rings is 1. The van der Waals surface area contributed by atoms with E-state index >= 15 is 0 Å². The van der Waals surface area contributed by atoms with Gasteiger partial charge in [-0.1, -0.05) is 6.42 Å². The monoisotopic (exact) mass is 304 g/mol. The molecule has 1 saturated heterocycles. The van der Waals surface area contributed by atoms with E-state index in [0.717, 1.165) is 32.0 Å². The van der Waals surface area contributed by atoms with Crippen LogP contribution in [0, 0.1) is 0 Å². The molecule has 5 heteroatoms. The fourth-order valence-corrected chi connectivity index (χ4v) is 3.23. The van der Waals surface area contributed by atoms with Crippen LogP contribution < -0.4 is 10.5 Å². The number of nitrogens with two attached hydrogens (primary N) is 1. The number of likely N-dealkylation sites (tertiary alicyclic amines) is 1.